The van der Waals surface area contributed by atoms with Crippen LogP contribution in [0.15, 0.2) is 0 Å². The van der Waals surface area contributed by atoms with Crippen LogP contribution in [-0.2, 0) is 62.7 Å². The van der Waals surface area contributed by atoms with E-state index in [2.05, 4.69) is 0 Å². The van der Waals surface area contributed by atoms with E-state index in [1.54, 1.807) is 50.0 Å². The van der Waals surface area contributed by atoms with Crippen LogP contribution in [-0.4, -0.2) is 92.3 Å². The number of hydrogen-bond acceptors (Lipinski definition) is 4. The molecule has 0 atom stereocenters. The Hall–Kier alpha value is 0.713. The van der Waals surface area contributed by atoms with Crippen LogP contribution < -0.4 is 0 Å². The number of halogens is 8. The van der Waals surface area contributed by atoms with Crippen molar-refractivity contribution >= 4 is 57.7 Å². The summed E-state index contributed by atoms with van der Waals surface area (Å²) in [5, 5.41) is 0. The SMILES string of the molecule is CS(C)=O.CS(C)=O.CS(C)=O.CS(C)=O.F[B-](F)(F)F.F[B-](F)(F)F.O.O.[Ru+2]. The Balaban J connectivity index is -0.0000000232. The second kappa shape index (κ2) is 36.1. The minimum atomic E-state index is -6.00. The van der Waals surface area contributed by atoms with Gasteiger partial charge in [0.05, 0.1) is 0 Å². The summed E-state index contributed by atoms with van der Waals surface area (Å²) in [6.45, 7) is 0. The molecule has 0 fully saturated rings. The van der Waals surface area contributed by atoms with Gasteiger partial charge >= 0.3 is 34.0 Å². The van der Waals surface area contributed by atoms with E-state index in [9.17, 15) is 51.4 Å². The Morgan fingerprint density at radius 2 is 0.414 bits per heavy atom. The van der Waals surface area contributed by atoms with E-state index in [0.29, 0.717) is 0 Å². The van der Waals surface area contributed by atoms with Crippen LogP contribution in [0, 0.1) is 0 Å². The fourth-order valence-electron chi connectivity index (χ4n) is 0. The first-order valence-electron chi connectivity index (χ1n) is 5.68. The maximum absolute atomic E-state index is 9.75. The topological polar surface area (TPSA) is 131 Å². The first-order valence-corrected chi connectivity index (χ1v) is 13.5. The van der Waals surface area contributed by atoms with Crippen LogP contribution in [0.3, 0.4) is 0 Å². The van der Waals surface area contributed by atoms with Crippen molar-refractivity contribution < 1.29 is 81.8 Å². The van der Waals surface area contributed by atoms with Gasteiger partial charge in [-0.2, -0.15) is 0 Å². The molecular formula is C8H28B2F8O6RuS4. The van der Waals surface area contributed by atoms with Gasteiger partial charge < -0.3 is 45.5 Å². The van der Waals surface area contributed by atoms with Gasteiger partial charge in [-0.05, 0) is 0 Å². The smallest absolute Gasteiger partial charge is 0.418 e. The van der Waals surface area contributed by atoms with Gasteiger partial charge in [-0.15, -0.1) is 0 Å². The number of hydrogen-bond donors (Lipinski definition) is 0. The second-order valence-electron chi connectivity index (χ2n) is 3.96. The van der Waals surface area contributed by atoms with E-state index >= 15 is 0 Å². The Morgan fingerprint density at radius 3 is 0.414 bits per heavy atom. The molecule has 0 aliphatic carbocycles. The van der Waals surface area contributed by atoms with Gasteiger partial charge in [0.15, 0.2) is 0 Å². The summed E-state index contributed by atoms with van der Waals surface area (Å²) >= 11 is 0. The van der Waals surface area contributed by atoms with E-state index in [-0.39, 0.29) is 30.4 Å². The molecule has 0 saturated heterocycles. The van der Waals surface area contributed by atoms with Crippen molar-refractivity contribution in [3.8, 4) is 0 Å². The third kappa shape index (κ3) is 40300. The maximum Gasteiger partial charge on any atom is 2.00 e. The summed E-state index contributed by atoms with van der Waals surface area (Å²) in [4.78, 5) is 0. The van der Waals surface area contributed by atoms with E-state index < -0.39 is 57.7 Å². The van der Waals surface area contributed by atoms with Gasteiger partial charge in [0.25, 0.3) is 0 Å². The molecule has 21 heteroatoms. The summed E-state index contributed by atoms with van der Waals surface area (Å²) in [7, 11) is -14.4. The third-order valence-corrected chi connectivity index (χ3v) is 0. The maximum atomic E-state index is 9.75. The summed E-state index contributed by atoms with van der Waals surface area (Å²) in [5.41, 5.74) is 0. The molecule has 4 N–H and O–H groups in total. The van der Waals surface area contributed by atoms with Crippen LogP contribution in [0.1, 0.15) is 0 Å². The van der Waals surface area contributed by atoms with E-state index in [0.717, 1.165) is 0 Å². The fraction of sp³-hybridized carbons (Fsp3) is 1.00. The molecular weight excluding hydrogens is 595 g/mol. The summed E-state index contributed by atoms with van der Waals surface area (Å²) in [5.74, 6) is 0. The van der Waals surface area contributed by atoms with E-state index in [1.807, 2.05) is 0 Å². The van der Waals surface area contributed by atoms with Crippen LogP contribution in [0.5, 0.6) is 0 Å². The molecule has 0 spiro atoms. The minimum absolute atomic E-state index is 0. The predicted octanol–water partition coefficient (Wildman–Crippen LogP) is 0.927. The van der Waals surface area contributed by atoms with Crippen molar-refractivity contribution in [3.63, 3.8) is 0 Å². The molecule has 0 aromatic carbocycles. The average Bonchev–Trinajstić information content (AvgIpc) is 2.03. The molecule has 190 valence electrons. The molecule has 0 radical (unpaired) electrons. The Bertz CT molecular complexity index is 317. The van der Waals surface area contributed by atoms with Gasteiger partial charge in [-0.3, -0.25) is 16.8 Å². The van der Waals surface area contributed by atoms with E-state index in [4.69, 9.17) is 0 Å². The van der Waals surface area contributed by atoms with E-state index in [1.165, 1.54) is 0 Å². The first kappa shape index (κ1) is 57.1. The number of rotatable bonds is 0. The molecule has 29 heavy (non-hydrogen) atoms. The Labute approximate surface area is 189 Å². The molecule has 0 rings (SSSR count). The molecule has 0 aromatic heterocycles. The largest absolute Gasteiger partial charge is 2.00 e. The monoisotopic (exact) mass is 624 g/mol. The zero-order valence-electron chi connectivity index (χ0n) is 16.8. The fourth-order valence-corrected chi connectivity index (χ4v) is 0. The molecule has 0 aliphatic rings. The average molecular weight is 623 g/mol. The van der Waals surface area contributed by atoms with Crippen molar-refractivity contribution in [1.29, 1.82) is 0 Å². The van der Waals surface area contributed by atoms with Crippen LogP contribution in [0.25, 0.3) is 0 Å². The summed E-state index contributed by atoms with van der Waals surface area (Å²) in [6.07, 6.45) is 13.1. The predicted molar refractivity (Wildman–Crippen MR) is 108 cm³/mol. The van der Waals surface area contributed by atoms with Crippen LogP contribution >= 0.6 is 0 Å². The molecule has 0 amide bonds. The Morgan fingerprint density at radius 1 is 0.414 bits per heavy atom. The van der Waals surface area contributed by atoms with Crippen LogP contribution in [0.2, 0.25) is 0 Å². The molecule has 0 saturated carbocycles. The molecule has 0 aliphatic heterocycles. The van der Waals surface area contributed by atoms with Crippen molar-refractivity contribution in [2.45, 2.75) is 0 Å². The molecule has 6 nitrogen and oxygen atoms in total. The van der Waals surface area contributed by atoms with Gasteiger partial charge in [0.2, 0.25) is 0 Å². The van der Waals surface area contributed by atoms with Crippen molar-refractivity contribution in [2.24, 2.45) is 0 Å². The molecule has 0 heterocycles. The molecule has 0 aromatic rings. The van der Waals surface area contributed by atoms with Crippen LogP contribution in [0.4, 0.5) is 34.5 Å². The standard InChI is InChI=1S/4C2H6OS.2BF4.2H2O.Ru/c4*1-4(2)3;2*2-1(3,4)5;;;/h4*1-2H3;;;2*1H2;/q;;;;2*-1;;;+2. The first-order chi connectivity index (χ1) is 10.9. The van der Waals surface area contributed by atoms with Gasteiger partial charge in [0.1, 0.15) is 0 Å². The quantitative estimate of drug-likeness (QED) is 0.294. The Kier molecular flexibility index (Phi) is 71.1. The summed E-state index contributed by atoms with van der Waals surface area (Å²) < 4.78 is 116. The summed E-state index contributed by atoms with van der Waals surface area (Å²) in [6, 6.07) is 0. The second-order valence-corrected chi connectivity index (χ2v) is 9.89. The van der Waals surface area contributed by atoms with Crippen molar-refractivity contribution in [3.05, 3.63) is 0 Å². The van der Waals surface area contributed by atoms with Crippen molar-refractivity contribution in [1.82, 2.24) is 0 Å². The van der Waals surface area contributed by atoms with Gasteiger partial charge in [-0.1, -0.05) is 0 Å². The van der Waals surface area contributed by atoms with Gasteiger partial charge in [0, 0.05) is 93.2 Å². The zero-order chi connectivity index (χ0) is 23.3. The molecule has 0 bridgehead atoms. The molecule has 0 unspecified atom stereocenters. The normalized spacial score (nSPS) is 8.97. The van der Waals surface area contributed by atoms with Gasteiger partial charge in [-0.25, -0.2) is 0 Å². The third-order valence-electron chi connectivity index (χ3n) is 0. The minimum Gasteiger partial charge on any atom is -0.418 e. The zero-order valence-corrected chi connectivity index (χ0v) is 21.8. The van der Waals surface area contributed by atoms with Crippen molar-refractivity contribution in [2.75, 3.05) is 50.0 Å².